The highest BCUT2D eigenvalue weighted by Gasteiger charge is 2.26. The standard InChI is InChI=1S/C19H34N2O8/c1-20(2,3)12-14(10-16(22)23)28-18(26)8-7-9-19(27)29-15(11-17(24)25)13-21(4,5)6/h14-15H,7-13H2,1-6H3/p+2/t14-,15-/m1/s1. The van der Waals surface area contributed by atoms with Crippen LogP contribution >= 0.6 is 0 Å². The van der Waals surface area contributed by atoms with Gasteiger partial charge in [-0.1, -0.05) is 0 Å². The van der Waals surface area contributed by atoms with E-state index in [1.807, 2.05) is 42.3 Å². The molecular formula is C19H36N2O8+2. The average Bonchev–Trinajstić information content (AvgIpc) is 2.41. The van der Waals surface area contributed by atoms with E-state index in [1.54, 1.807) is 0 Å². The Labute approximate surface area is 172 Å². The molecule has 10 nitrogen and oxygen atoms in total. The molecule has 168 valence electrons. The van der Waals surface area contributed by atoms with E-state index in [1.165, 1.54) is 0 Å². The summed E-state index contributed by atoms with van der Waals surface area (Å²) < 4.78 is 11.4. The summed E-state index contributed by atoms with van der Waals surface area (Å²) in [6.07, 6.45) is -2.02. The normalized spacial score (nSPS) is 14.0. The van der Waals surface area contributed by atoms with E-state index in [-0.39, 0.29) is 32.1 Å². The Kier molecular flexibility index (Phi) is 10.8. The maximum Gasteiger partial charge on any atom is 0.307 e. The Morgan fingerprint density at radius 1 is 0.690 bits per heavy atom. The number of likely N-dealkylation sites (N-methyl/N-ethyl adjacent to an activating group) is 2. The molecule has 0 heterocycles. The van der Waals surface area contributed by atoms with Crippen LogP contribution in [0.2, 0.25) is 0 Å². The average molecular weight is 421 g/mol. The molecule has 0 saturated heterocycles. The van der Waals surface area contributed by atoms with Crippen LogP contribution in [0.4, 0.5) is 0 Å². The van der Waals surface area contributed by atoms with E-state index in [2.05, 4.69) is 0 Å². The van der Waals surface area contributed by atoms with Gasteiger partial charge < -0.3 is 28.7 Å². The number of aliphatic carboxylic acids is 2. The van der Waals surface area contributed by atoms with Crippen molar-refractivity contribution < 1.29 is 47.8 Å². The molecule has 0 rings (SSSR count). The highest BCUT2D eigenvalue weighted by atomic mass is 16.6. The highest BCUT2D eigenvalue weighted by molar-refractivity contribution is 5.74. The van der Waals surface area contributed by atoms with Gasteiger partial charge >= 0.3 is 23.9 Å². The lowest BCUT2D eigenvalue weighted by molar-refractivity contribution is -0.873. The third-order valence-electron chi connectivity index (χ3n) is 3.67. The number of carbonyl (C=O) groups excluding carboxylic acids is 2. The molecule has 29 heavy (non-hydrogen) atoms. The van der Waals surface area contributed by atoms with Crippen molar-refractivity contribution >= 4 is 23.9 Å². The lowest BCUT2D eigenvalue weighted by Gasteiger charge is -2.28. The topological polar surface area (TPSA) is 127 Å². The Balaban J connectivity index is 4.52. The summed E-state index contributed by atoms with van der Waals surface area (Å²) in [5, 5.41) is 17.9. The minimum Gasteiger partial charge on any atom is -0.481 e. The molecule has 0 aliphatic rings. The molecule has 0 aromatic heterocycles. The molecule has 0 aromatic carbocycles. The molecule has 0 aromatic rings. The smallest absolute Gasteiger partial charge is 0.307 e. The number of hydrogen-bond acceptors (Lipinski definition) is 6. The molecule has 0 saturated carbocycles. The number of carboxylic acid groups (broad SMARTS) is 2. The van der Waals surface area contributed by atoms with Gasteiger partial charge in [0.1, 0.15) is 13.1 Å². The van der Waals surface area contributed by atoms with Crippen LogP contribution in [0.25, 0.3) is 0 Å². The van der Waals surface area contributed by atoms with Crippen molar-refractivity contribution in [3.63, 3.8) is 0 Å². The van der Waals surface area contributed by atoms with Crippen LogP contribution in [0.15, 0.2) is 0 Å². The number of hydrogen-bond donors (Lipinski definition) is 2. The van der Waals surface area contributed by atoms with E-state index >= 15 is 0 Å². The van der Waals surface area contributed by atoms with Crippen molar-refractivity contribution in [1.29, 1.82) is 0 Å². The van der Waals surface area contributed by atoms with Gasteiger partial charge in [0.2, 0.25) is 0 Å². The molecule has 2 atom stereocenters. The van der Waals surface area contributed by atoms with Crippen molar-refractivity contribution in [2.45, 2.75) is 44.3 Å². The first-order valence-corrected chi connectivity index (χ1v) is 9.51. The van der Waals surface area contributed by atoms with Gasteiger partial charge in [0, 0.05) is 12.8 Å². The zero-order valence-corrected chi connectivity index (χ0v) is 18.3. The monoisotopic (exact) mass is 420 g/mol. The summed E-state index contributed by atoms with van der Waals surface area (Å²) in [4.78, 5) is 45.9. The molecule has 2 N–H and O–H groups in total. The van der Waals surface area contributed by atoms with Crippen molar-refractivity contribution in [2.24, 2.45) is 0 Å². The number of carboxylic acids is 2. The lowest BCUT2D eigenvalue weighted by atomic mass is 10.2. The minimum absolute atomic E-state index is 0.0543. The van der Waals surface area contributed by atoms with Crippen molar-refractivity contribution in [2.75, 3.05) is 55.4 Å². The van der Waals surface area contributed by atoms with Gasteiger partial charge in [-0.2, -0.15) is 0 Å². The van der Waals surface area contributed by atoms with E-state index in [0.29, 0.717) is 22.1 Å². The molecule has 0 radical (unpaired) electrons. The molecule has 0 bridgehead atoms. The minimum atomic E-state index is -1.05. The van der Waals surface area contributed by atoms with Gasteiger partial charge in [-0.05, 0) is 6.42 Å². The first kappa shape index (κ1) is 26.8. The quantitative estimate of drug-likeness (QED) is 0.304. The number of carbonyl (C=O) groups is 4. The van der Waals surface area contributed by atoms with E-state index in [9.17, 15) is 19.2 Å². The summed E-state index contributed by atoms with van der Waals surface area (Å²) in [5.41, 5.74) is 0. The first-order chi connectivity index (χ1) is 13.1. The van der Waals surface area contributed by atoms with Gasteiger partial charge in [0.15, 0.2) is 12.2 Å². The lowest BCUT2D eigenvalue weighted by Crippen LogP contribution is -2.44. The van der Waals surface area contributed by atoms with Crippen molar-refractivity contribution in [3.8, 4) is 0 Å². The van der Waals surface area contributed by atoms with Gasteiger partial charge in [-0.3, -0.25) is 19.2 Å². The molecule has 0 fully saturated rings. The highest BCUT2D eigenvalue weighted by Crippen LogP contribution is 2.11. The number of nitrogens with zero attached hydrogens (tertiary/aromatic N) is 2. The SMILES string of the molecule is C[N+](C)(C)C[C@@H](CC(=O)O)OC(=O)CCCC(=O)O[C@H](CC(=O)O)C[N+](C)(C)C. The summed E-state index contributed by atoms with van der Waals surface area (Å²) in [6.45, 7) is 0.698. The second kappa shape index (κ2) is 11.7. The molecule has 0 spiro atoms. The second-order valence-corrected chi connectivity index (χ2v) is 9.22. The second-order valence-electron chi connectivity index (χ2n) is 9.22. The summed E-state index contributed by atoms with van der Waals surface area (Å²) >= 11 is 0. The molecule has 0 aliphatic carbocycles. The Hall–Kier alpha value is -2.20. The number of rotatable bonds is 14. The van der Waals surface area contributed by atoms with Crippen LogP contribution in [0, 0.1) is 0 Å². The van der Waals surface area contributed by atoms with Crippen LogP contribution in [-0.4, -0.2) is 111 Å². The molecule has 0 unspecified atom stereocenters. The molecule has 0 aliphatic heterocycles. The van der Waals surface area contributed by atoms with Gasteiger partial charge in [-0.25, -0.2) is 0 Å². The summed E-state index contributed by atoms with van der Waals surface area (Å²) in [6, 6.07) is 0. The van der Waals surface area contributed by atoms with Crippen LogP contribution in [0.3, 0.4) is 0 Å². The third kappa shape index (κ3) is 16.5. The van der Waals surface area contributed by atoms with Crippen molar-refractivity contribution in [1.82, 2.24) is 0 Å². The predicted molar refractivity (Wildman–Crippen MR) is 104 cm³/mol. The van der Waals surface area contributed by atoms with Crippen LogP contribution in [0.5, 0.6) is 0 Å². The van der Waals surface area contributed by atoms with Crippen LogP contribution in [0.1, 0.15) is 32.1 Å². The Morgan fingerprint density at radius 3 is 1.24 bits per heavy atom. The number of quaternary nitrogens is 2. The van der Waals surface area contributed by atoms with Gasteiger partial charge in [-0.15, -0.1) is 0 Å². The summed E-state index contributed by atoms with van der Waals surface area (Å²) in [5.74, 6) is -3.26. The fourth-order valence-electron chi connectivity index (χ4n) is 2.77. The van der Waals surface area contributed by atoms with E-state index in [0.717, 1.165) is 0 Å². The fourth-order valence-corrected chi connectivity index (χ4v) is 2.77. The van der Waals surface area contributed by atoms with Gasteiger partial charge in [0.05, 0.1) is 55.1 Å². The maximum absolute atomic E-state index is 12.0. The Bertz CT molecular complexity index is 528. The number of ether oxygens (including phenoxy) is 2. The predicted octanol–water partition coefficient (Wildman–Crippen LogP) is 0.342. The zero-order chi connectivity index (χ0) is 22.8. The van der Waals surface area contributed by atoms with Crippen LogP contribution in [-0.2, 0) is 28.7 Å². The molecule has 0 amide bonds. The van der Waals surface area contributed by atoms with Crippen molar-refractivity contribution in [3.05, 3.63) is 0 Å². The van der Waals surface area contributed by atoms with E-state index in [4.69, 9.17) is 19.7 Å². The maximum atomic E-state index is 12.0. The Morgan fingerprint density at radius 2 is 1.00 bits per heavy atom. The van der Waals surface area contributed by atoms with E-state index < -0.39 is 36.1 Å². The largest absolute Gasteiger partial charge is 0.481 e. The zero-order valence-electron chi connectivity index (χ0n) is 18.3. The fraction of sp³-hybridized carbons (Fsp3) is 0.789. The molecule has 10 heteroatoms. The first-order valence-electron chi connectivity index (χ1n) is 9.51. The molecular weight excluding hydrogens is 384 g/mol. The van der Waals surface area contributed by atoms with Gasteiger partial charge in [0.25, 0.3) is 0 Å². The summed E-state index contributed by atoms with van der Waals surface area (Å²) in [7, 11) is 11.2. The van der Waals surface area contributed by atoms with Crippen LogP contribution < -0.4 is 0 Å². The third-order valence-corrected chi connectivity index (χ3v) is 3.67. The number of esters is 2.